The quantitative estimate of drug-likeness (QED) is 0.0687. The molecule has 2 nitrogen and oxygen atoms in total. The molecule has 1 atom stereocenters. The van der Waals surface area contributed by atoms with Gasteiger partial charge in [-0.1, -0.05) is 112 Å². The Morgan fingerprint density at radius 1 is 0.921 bits per heavy atom. The van der Waals surface area contributed by atoms with Crippen LogP contribution in [0.5, 0.6) is 0 Å². The van der Waals surface area contributed by atoms with Gasteiger partial charge < -0.3 is 4.74 Å². The highest BCUT2D eigenvalue weighted by Gasteiger charge is 2.32. The molecule has 0 heterocycles. The molecular formula is C36H58O2. The Kier molecular flexibility index (Phi) is 18.6. The summed E-state index contributed by atoms with van der Waals surface area (Å²) in [7, 11) is 0. The molecule has 1 aliphatic rings. The van der Waals surface area contributed by atoms with Gasteiger partial charge >= 0.3 is 5.97 Å². The standard InChI is InChI=1S/C36H58O2/c1-7-8-9-10-11-12-13-14-15-16-17-18-19-25-35(37)38-30-28-32(3)23-20-22-31(2)26-27-34-33(4)24-21-29-36(34,5)6/h7-11,22,24,28,34H,1,12-21,23,25-27,29-30H2,2-6H3/b9-8+,11-10+,31-22+,32-28+. The van der Waals surface area contributed by atoms with Crippen LogP contribution in [-0.2, 0) is 9.53 Å². The van der Waals surface area contributed by atoms with E-state index in [1.54, 1.807) is 11.6 Å². The molecule has 38 heavy (non-hydrogen) atoms. The van der Waals surface area contributed by atoms with Gasteiger partial charge in [0.25, 0.3) is 0 Å². The van der Waals surface area contributed by atoms with Crippen LogP contribution in [0.1, 0.15) is 131 Å². The number of unbranched alkanes of at least 4 members (excludes halogenated alkanes) is 7. The summed E-state index contributed by atoms with van der Waals surface area (Å²) in [5.41, 5.74) is 4.82. The lowest BCUT2D eigenvalue weighted by Crippen LogP contribution is -2.27. The van der Waals surface area contributed by atoms with Gasteiger partial charge in [-0.25, -0.2) is 0 Å². The Balaban J connectivity index is 2.06. The molecular weight excluding hydrogens is 464 g/mol. The smallest absolute Gasteiger partial charge is 0.306 e. The van der Waals surface area contributed by atoms with Crippen LogP contribution in [0.3, 0.4) is 0 Å². The van der Waals surface area contributed by atoms with Crippen molar-refractivity contribution in [2.24, 2.45) is 11.3 Å². The molecule has 0 radical (unpaired) electrons. The van der Waals surface area contributed by atoms with E-state index < -0.39 is 0 Å². The van der Waals surface area contributed by atoms with Gasteiger partial charge in [-0.05, 0) is 96.0 Å². The van der Waals surface area contributed by atoms with Crippen LogP contribution >= 0.6 is 0 Å². The summed E-state index contributed by atoms with van der Waals surface area (Å²) in [6, 6.07) is 0. The lowest BCUT2D eigenvalue weighted by atomic mass is 9.67. The molecule has 2 heteroatoms. The number of ether oxygens (including phenoxy) is 1. The van der Waals surface area contributed by atoms with Crippen molar-refractivity contribution in [1.82, 2.24) is 0 Å². The Hall–Kier alpha value is -2.09. The molecule has 1 unspecified atom stereocenters. The maximum Gasteiger partial charge on any atom is 0.306 e. The molecule has 0 amide bonds. The Morgan fingerprint density at radius 2 is 1.61 bits per heavy atom. The average Bonchev–Trinajstić information content (AvgIpc) is 2.86. The monoisotopic (exact) mass is 522 g/mol. The Labute approximate surface area is 236 Å². The highest BCUT2D eigenvalue weighted by molar-refractivity contribution is 5.69. The fourth-order valence-corrected chi connectivity index (χ4v) is 5.43. The largest absolute Gasteiger partial charge is 0.461 e. The third kappa shape index (κ3) is 16.7. The second-order valence-electron chi connectivity index (χ2n) is 12.0. The molecule has 0 aromatic heterocycles. The third-order valence-corrected chi connectivity index (χ3v) is 8.03. The summed E-state index contributed by atoms with van der Waals surface area (Å²) in [6.45, 7) is 15.7. The van der Waals surface area contributed by atoms with E-state index in [9.17, 15) is 4.79 Å². The fraction of sp³-hybridized carbons (Fsp3) is 0.639. The van der Waals surface area contributed by atoms with E-state index in [2.05, 4.69) is 71.6 Å². The number of allylic oxidation sites excluding steroid dienone is 10. The highest BCUT2D eigenvalue weighted by Crippen LogP contribution is 2.43. The lowest BCUT2D eigenvalue weighted by Gasteiger charge is -2.38. The first-order chi connectivity index (χ1) is 18.3. The SMILES string of the molecule is C=C/C=C/C=C/CCCCCCCCCC(=O)OC/C=C(\C)CC/C=C(\C)CCC1C(C)=CCCC1(C)C. The zero-order chi connectivity index (χ0) is 28.1. The van der Waals surface area contributed by atoms with E-state index in [1.165, 1.54) is 68.9 Å². The summed E-state index contributed by atoms with van der Waals surface area (Å²) in [4.78, 5) is 12.0. The van der Waals surface area contributed by atoms with Crippen LogP contribution in [0, 0.1) is 11.3 Å². The summed E-state index contributed by atoms with van der Waals surface area (Å²) < 4.78 is 5.43. The highest BCUT2D eigenvalue weighted by atomic mass is 16.5. The third-order valence-electron chi connectivity index (χ3n) is 8.03. The summed E-state index contributed by atoms with van der Waals surface area (Å²) in [5.74, 6) is 0.654. The van der Waals surface area contributed by atoms with Gasteiger partial charge in [0.2, 0.25) is 0 Å². The molecule has 0 saturated heterocycles. The van der Waals surface area contributed by atoms with Gasteiger partial charge in [0.15, 0.2) is 0 Å². The van der Waals surface area contributed by atoms with Crippen LogP contribution in [0.15, 0.2) is 71.9 Å². The van der Waals surface area contributed by atoms with Gasteiger partial charge in [-0.15, -0.1) is 0 Å². The summed E-state index contributed by atoms with van der Waals surface area (Å²) in [6.07, 6.45) is 34.1. The zero-order valence-electron chi connectivity index (χ0n) is 25.5. The number of rotatable bonds is 20. The summed E-state index contributed by atoms with van der Waals surface area (Å²) >= 11 is 0. The van der Waals surface area contributed by atoms with Crippen LogP contribution in [0.2, 0.25) is 0 Å². The van der Waals surface area contributed by atoms with Crippen LogP contribution in [0.4, 0.5) is 0 Å². The molecule has 0 fully saturated rings. The molecule has 0 saturated carbocycles. The second kappa shape index (κ2) is 20.8. The molecule has 0 aliphatic heterocycles. The minimum atomic E-state index is -0.0583. The number of hydrogen-bond donors (Lipinski definition) is 0. The van der Waals surface area contributed by atoms with Crippen molar-refractivity contribution in [2.75, 3.05) is 6.61 Å². The predicted molar refractivity (Wildman–Crippen MR) is 167 cm³/mol. The van der Waals surface area contributed by atoms with Crippen LogP contribution < -0.4 is 0 Å². The van der Waals surface area contributed by atoms with Crippen molar-refractivity contribution in [1.29, 1.82) is 0 Å². The Morgan fingerprint density at radius 3 is 2.32 bits per heavy atom. The summed E-state index contributed by atoms with van der Waals surface area (Å²) in [5, 5.41) is 0. The molecule has 0 aromatic carbocycles. The number of hydrogen-bond acceptors (Lipinski definition) is 2. The van der Waals surface area contributed by atoms with E-state index in [-0.39, 0.29) is 5.97 Å². The van der Waals surface area contributed by atoms with E-state index in [1.807, 2.05) is 12.2 Å². The number of carbonyl (C=O) groups is 1. The number of carbonyl (C=O) groups excluding carboxylic acids is 1. The molecule has 214 valence electrons. The molecule has 0 N–H and O–H groups in total. The van der Waals surface area contributed by atoms with Crippen LogP contribution in [-0.4, -0.2) is 12.6 Å². The van der Waals surface area contributed by atoms with Crippen LogP contribution in [0.25, 0.3) is 0 Å². The van der Waals surface area contributed by atoms with E-state index in [0.717, 1.165) is 32.1 Å². The van der Waals surface area contributed by atoms with Crippen molar-refractivity contribution < 1.29 is 9.53 Å². The minimum absolute atomic E-state index is 0.0583. The normalized spacial score (nSPS) is 18.2. The van der Waals surface area contributed by atoms with Crippen molar-refractivity contribution in [3.05, 3.63) is 71.9 Å². The fourth-order valence-electron chi connectivity index (χ4n) is 5.43. The first-order valence-corrected chi connectivity index (χ1v) is 15.3. The first kappa shape index (κ1) is 33.9. The van der Waals surface area contributed by atoms with Gasteiger partial charge in [-0.2, -0.15) is 0 Å². The van der Waals surface area contributed by atoms with Crippen molar-refractivity contribution in [3.63, 3.8) is 0 Å². The predicted octanol–water partition coefficient (Wildman–Crippen LogP) is 11.2. The van der Waals surface area contributed by atoms with Gasteiger partial charge in [0.05, 0.1) is 0 Å². The molecule has 1 aliphatic carbocycles. The molecule has 0 aromatic rings. The minimum Gasteiger partial charge on any atom is -0.461 e. The van der Waals surface area contributed by atoms with Gasteiger partial charge in [-0.3, -0.25) is 4.79 Å². The zero-order valence-corrected chi connectivity index (χ0v) is 25.5. The maximum absolute atomic E-state index is 12.0. The first-order valence-electron chi connectivity index (χ1n) is 15.3. The average molecular weight is 523 g/mol. The molecule has 1 rings (SSSR count). The number of esters is 1. The van der Waals surface area contributed by atoms with E-state index in [0.29, 0.717) is 24.4 Å². The van der Waals surface area contributed by atoms with Crippen molar-refractivity contribution in [2.45, 2.75) is 131 Å². The molecule has 0 spiro atoms. The van der Waals surface area contributed by atoms with Crippen molar-refractivity contribution in [3.8, 4) is 0 Å². The van der Waals surface area contributed by atoms with Crippen molar-refractivity contribution >= 4 is 5.97 Å². The second-order valence-corrected chi connectivity index (χ2v) is 12.0. The van der Waals surface area contributed by atoms with E-state index in [4.69, 9.17) is 4.74 Å². The van der Waals surface area contributed by atoms with E-state index >= 15 is 0 Å². The maximum atomic E-state index is 12.0. The lowest BCUT2D eigenvalue weighted by molar-refractivity contribution is -0.142. The molecule has 0 bridgehead atoms. The van der Waals surface area contributed by atoms with Gasteiger partial charge in [0, 0.05) is 6.42 Å². The topological polar surface area (TPSA) is 26.3 Å². The Bertz CT molecular complexity index is 818. The van der Waals surface area contributed by atoms with Gasteiger partial charge in [0.1, 0.15) is 6.61 Å².